The molecule has 1 aromatic carbocycles. The van der Waals surface area contributed by atoms with Crippen LogP contribution < -0.4 is 16.0 Å². The van der Waals surface area contributed by atoms with E-state index in [-0.39, 0.29) is 45.9 Å². The van der Waals surface area contributed by atoms with E-state index in [9.17, 15) is 27.2 Å². The predicted molar refractivity (Wildman–Crippen MR) is 92.1 cm³/mol. The summed E-state index contributed by atoms with van der Waals surface area (Å²) in [4.78, 5) is 29.3. The van der Waals surface area contributed by atoms with Gasteiger partial charge < -0.3 is 14.3 Å². The highest BCUT2D eigenvalue weighted by Crippen LogP contribution is 2.32. The van der Waals surface area contributed by atoms with Gasteiger partial charge in [-0.1, -0.05) is 11.6 Å². The number of nitrogens with zero attached hydrogens (tertiary/aromatic N) is 3. The molecule has 0 spiro atoms. The second kappa shape index (κ2) is 7.78. The Balaban J connectivity index is 2.06. The highest BCUT2D eigenvalue weighted by atomic mass is 35.5. The van der Waals surface area contributed by atoms with E-state index in [1.807, 2.05) is 0 Å². The zero-order valence-electron chi connectivity index (χ0n) is 14.6. The molecule has 13 heteroatoms. The number of rotatable bonds is 4. The summed E-state index contributed by atoms with van der Waals surface area (Å²) in [6.07, 6.45) is -4.94. The van der Waals surface area contributed by atoms with Crippen molar-refractivity contribution in [2.75, 3.05) is 19.8 Å². The summed E-state index contributed by atoms with van der Waals surface area (Å²) in [6, 6.07) is 2.29. The summed E-state index contributed by atoms with van der Waals surface area (Å²) < 4.78 is 64.6. The van der Waals surface area contributed by atoms with Gasteiger partial charge in [-0.05, 0) is 17.3 Å². The zero-order valence-corrected chi connectivity index (χ0v) is 15.4. The zero-order chi connectivity index (χ0) is 21.3. The molecule has 0 bridgehead atoms. The van der Waals surface area contributed by atoms with Crippen LogP contribution in [-0.4, -0.2) is 34.9 Å². The Bertz CT molecular complexity index is 1090. The van der Waals surface area contributed by atoms with Crippen LogP contribution >= 0.6 is 11.6 Å². The van der Waals surface area contributed by atoms with Gasteiger partial charge in [-0.15, -0.1) is 0 Å². The lowest BCUT2D eigenvalue weighted by Gasteiger charge is -2.17. The monoisotopic (exact) mass is 437 g/mol. The average Bonchev–Trinajstić information content (AvgIpc) is 2.66. The van der Waals surface area contributed by atoms with Gasteiger partial charge in [-0.2, -0.15) is 13.2 Å². The van der Waals surface area contributed by atoms with E-state index in [1.165, 1.54) is 0 Å². The summed E-state index contributed by atoms with van der Waals surface area (Å²) in [5.74, 6) is -1.77. The molecule has 0 N–H and O–H groups in total. The van der Waals surface area contributed by atoms with Crippen molar-refractivity contribution in [3.8, 4) is 11.4 Å². The molecule has 0 atom stereocenters. The molecular weight excluding hydrogens is 426 g/mol. The van der Waals surface area contributed by atoms with Crippen LogP contribution in [0.2, 0.25) is 5.02 Å². The van der Waals surface area contributed by atoms with Crippen LogP contribution in [-0.2, 0) is 22.8 Å². The predicted octanol–water partition coefficient (Wildman–Crippen LogP) is 2.09. The number of oxime groups is 1. The Morgan fingerprint density at radius 2 is 2.00 bits per heavy atom. The van der Waals surface area contributed by atoms with Crippen LogP contribution in [0.1, 0.15) is 5.69 Å². The second-order valence-corrected chi connectivity index (χ2v) is 6.11. The van der Waals surface area contributed by atoms with Gasteiger partial charge in [0.25, 0.3) is 11.5 Å². The first-order chi connectivity index (χ1) is 13.6. The molecule has 156 valence electrons. The fourth-order valence-corrected chi connectivity index (χ4v) is 2.69. The van der Waals surface area contributed by atoms with E-state index in [4.69, 9.17) is 25.9 Å². The van der Waals surface area contributed by atoms with Crippen molar-refractivity contribution in [2.45, 2.75) is 6.18 Å². The van der Waals surface area contributed by atoms with Crippen LogP contribution in [0.15, 0.2) is 32.9 Å². The van der Waals surface area contributed by atoms with Crippen LogP contribution in [0.25, 0.3) is 5.69 Å². The lowest BCUT2D eigenvalue weighted by molar-refractivity contribution is -0.144. The molecule has 8 nitrogen and oxygen atoms in total. The smallest absolute Gasteiger partial charge is 0.431 e. The van der Waals surface area contributed by atoms with Crippen molar-refractivity contribution >= 4 is 17.5 Å². The van der Waals surface area contributed by atoms with Crippen LogP contribution in [0.4, 0.5) is 17.6 Å². The van der Waals surface area contributed by atoms with Crippen LogP contribution in [0.5, 0.6) is 5.75 Å². The third-order valence-electron chi connectivity index (χ3n) is 3.83. The second-order valence-electron chi connectivity index (χ2n) is 5.71. The number of ether oxygens (including phenoxy) is 2. The van der Waals surface area contributed by atoms with E-state index in [1.54, 1.807) is 0 Å². The fourth-order valence-electron chi connectivity index (χ4n) is 2.49. The normalized spacial score (nSPS) is 14.1. The summed E-state index contributed by atoms with van der Waals surface area (Å²) >= 11 is 5.91. The standard InChI is InChI=1S/C16H12ClF4N3O5/c1-23-10(16(19,20)21)6-12(25)24(15(23)26)9-3-2-8(17)14(13(9)18)28-7-11-22-29-5-4-27-11/h2-3,6H,4-5,7H2,1H3. The molecule has 2 heterocycles. The van der Waals surface area contributed by atoms with Gasteiger partial charge in [-0.25, -0.2) is 13.8 Å². The van der Waals surface area contributed by atoms with E-state index < -0.39 is 40.4 Å². The Morgan fingerprint density at radius 3 is 2.62 bits per heavy atom. The number of alkyl halides is 3. The van der Waals surface area contributed by atoms with Crippen molar-refractivity contribution in [3.63, 3.8) is 0 Å². The largest absolute Gasteiger partial charge is 0.479 e. The van der Waals surface area contributed by atoms with Crippen molar-refractivity contribution in [2.24, 2.45) is 12.2 Å². The van der Waals surface area contributed by atoms with Crippen LogP contribution in [0, 0.1) is 5.82 Å². The van der Waals surface area contributed by atoms with Crippen molar-refractivity contribution in [1.29, 1.82) is 0 Å². The first-order valence-electron chi connectivity index (χ1n) is 7.94. The number of halogens is 5. The van der Waals surface area contributed by atoms with Gasteiger partial charge in [-0.3, -0.25) is 9.36 Å². The van der Waals surface area contributed by atoms with Crippen molar-refractivity contribution in [1.82, 2.24) is 9.13 Å². The quantitative estimate of drug-likeness (QED) is 0.684. The molecule has 1 aromatic heterocycles. The minimum atomic E-state index is -4.94. The number of hydrogen-bond donors (Lipinski definition) is 0. The topological polar surface area (TPSA) is 84.1 Å². The minimum absolute atomic E-state index is 0.000249. The lowest BCUT2D eigenvalue weighted by Crippen LogP contribution is -2.41. The molecule has 0 saturated carbocycles. The molecule has 3 rings (SSSR count). The van der Waals surface area contributed by atoms with E-state index >= 15 is 0 Å². The molecule has 0 amide bonds. The van der Waals surface area contributed by atoms with Crippen LogP contribution in [0.3, 0.4) is 0 Å². The Hall–Kier alpha value is -3.02. The molecule has 2 aromatic rings. The van der Waals surface area contributed by atoms with Gasteiger partial charge >= 0.3 is 11.9 Å². The van der Waals surface area contributed by atoms with Gasteiger partial charge in [0.1, 0.15) is 12.3 Å². The number of hydrogen-bond acceptors (Lipinski definition) is 6. The molecule has 1 aliphatic rings. The lowest BCUT2D eigenvalue weighted by atomic mass is 10.2. The van der Waals surface area contributed by atoms with E-state index in [2.05, 4.69) is 5.16 Å². The fraction of sp³-hybridized carbons (Fsp3) is 0.312. The Kier molecular flexibility index (Phi) is 5.55. The number of aromatic nitrogens is 2. The first-order valence-corrected chi connectivity index (χ1v) is 8.32. The summed E-state index contributed by atoms with van der Waals surface area (Å²) in [5, 5.41) is 3.34. The molecule has 0 radical (unpaired) electrons. The van der Waals surface area contributed by atoms with Gasteiger partial charge in [0.05, 0.1) is 10.7 Å². The maximum Gasteiger partial charge on any atom is 0.431 e. The molecule has 0 saturated heterocycles. The maximum absolute atomic E-state index is 14.9. The molecular formula is C16H12ClF4N3O5. The third-order valence-corrected chi connectivity index (χ3v) is 4.13. The first kappa shape index (κ1) is 20.7. The highest BCUT2D eigenvalue weighted by Gasteiger charge is 2.35. The van der Waals surface area contributed by atoms with Gasteiger partial charge in [0.2, 0.25) is 0 Å². The summed E-state index contributed by atoms with van der Waals surface area (Å²) in [5.41, 5.74) is -4.88. The molecule has 0 fully saturated rings. The van der Waals surface area contributed by atoms with Crippen molar-refractivity contribution < 1.29 is 31.9 Å². The highest BCUT2D eigenvalue weighted by molar-refractivity contribution is 6.32. The Morgan fingerprint density at radius 1 is 1.28 bits per heavy atom. The Labute approximate surface area is 164 Å². The SMILES string of the molecule is Cn1c(C(F)(F)F)cc(=O)n(-c2ccc(Cl)c(OCC3=NOCCO3)c2F)c1=O. The molecule has 0 unspecified atom stereocenters. The third kappa shape index (κ3) is 4.06. The summed E-state index contributed by atoms with van der Waals surface area (Å²) in [6.45, 7) is 0.0592. The summed E-state index contributed by atoms with van der Waals surface area (Å²) in [7, 11) is 0.810. The van der Waals surface area contributed by atoms with Gasteiger partial charge in [0.15, 0.2) is 24.8 Å². The van der Waals surface area contributed by atoms with Crippen molar-refractivity contribution in [3.05, 3.63) is 55.6 Å². The number of benzene rings is 1. The van der Waals surface area contributed by atoms with E-state index in [0.29, 0.717) is 0 Å². The maximum atomic E-state index is 14.9. The van der Waals surface area contributed by atoms with E-state index in [0.717, 1.165) is 19.2 Å². The average molecular weight is 438 g/mol. The molecule has 0 aliphatic carbocycles. The molecule has 1 aliphatic heterocycles. The van der Waals surface area contributed by atoms with Gasteiger partial charge in [0, 0.05) is 13.1 Å². The minimum Gasteiger partial charge on any atom is -0.479 e. The molecule has 29 heavy (non-hydrogen) atoms.